The lowest BCUT2D eigenvalue weighted by atomic mass is 10.3. The van der Waals surface area contributed by atoms with Gasteiger partial charge in [0, 0.05) is 10.5 Å². The summed E-state index contributed by atoms with van der Waals surface area (Å²) >= 11 is 0. The van der Waals surface area contributed by atoms with E-state index >= 15 is 0 Å². The average molecular weight is 176 g/mol. The second-order valence-corrected chi connectivity index (χ2v) is 6.48. The van der Waals surface area contributed by atoms with Crippen molar-refractivity contribution in [3.8, 4) is 0 Å². The molecular formula is C7H12OS2. The lowest BCUT2D eigenvalue weighted by molar-refractivity contribution is 0.701. The van der Waals surface area contributed by atoms with E-state index in [4.69, 9.17) is 0 Å². The molecule has 0 spiro atoms. The van der Waals surface area contributed by atoms with Crippen molar-refractivity contribution in [2.45, 2.75) is 30.8 Å². The Labute approximate surface area is 67.2 Å². The molecule has 0 aromatic rings. The molecule has 1 nitrogen and oxygen atoms in total. The first-order valence-electron chi connectivity index (χ1n) is 3.44. The minimum atomic E-state index is 0.0332. The highest BCUT2D eigenvalue weighted by Gasteiger charge is 2.15. The van der Waals surface area contributed by atoms with Crippen LogP contribution in [0.25, 0.3) is 0 Å². The van der Waals surface area contributed by atoms with Gasteiger partial charge in [-0.2, -0.15) is 0 Å². The molecular weight excluding hydrogens is 164 g/mol. The van der Waals surface area contributed by atoms with Crippen molar-refractivity contribution in [1.29, 1.82) is 0 Å². The third-order valence-corrected chi connectivity index (χ3v) is 6.12. The largest absolute Gasteiger partial charge is 0.205 e. The number of hydrogen-bond donors (Lipinski definition) is 0. The van der Waals surface area contributed by atoms with Crippen LogP contribution < -0.4 is 0 Å². The third kappa shape index (κ3) is 1.58. The second-order valence-electron chi connectivity index (χ2n) is 2.58. The Balaban J connectivity index is 2.88. The van der Waals surface area contributed by atoms with Gasteiger partial charge in [0.25, 0.3) is 0 Å². The minimum Gasteiger partial charge on any atom is -0.205 e. The van der Waals surface area contributed by atoms with Crippen LogP contribution >= 0.6 is 0 Å². The molecule has 10 heavy (non-hydrogen) atoms. The van der Waals surface area contributed by atoms with Crippen molar-refractivity contribution >= 4 is 19.7 Å². The molecule has 3 heteroatoms. The highest BCUT2D eigenvalue weighted by atomic mass is 32.8. The molecule has 0 bridgehead atoms. The smallest absolute Gasteiger partial charge is 0.121 e. The highest BCUT2D eigenvalue weighted by molar-refractivity contribution is 8.32. The van der Waals surface area contributed by atoms with Crippen molar-refractivity contribution in [2.24, 2.45) is 0 Å². The molecule has 0 fully saturated rings. The second kappa shape index (κ2) is 3.49. The van der Waals surface area contributed by atoms with Crippen LogP contribution in [0.3, 0.4) is 0 Å². The zero-order valence-corrected chi connectivity index (χ0v) is 7.87. The van der Waals surface area contributed by atoms with E-state index in [0.717, 1.165) is 16.6 Å². The standard InChI is InChI=1S/C7H12OS2/c1-6-4-3-5-7(2)10(6)9-8/h3-4,6-7H,5H2,1-2H3. The molecule has 58 valence electrons. The first kappa shape index (κ1) is 8.21. The molecule has 1 aliphatic rings. The summed E-state index contributed by atoms with van der Waals surface area (Å²) in [6.45, 7) is 4.29. The van der Waals surface area contributed by atoms with Crippen LogP contribution in [-0.4, -0.2) is 14.7 Å². The Kier molecular flexibility index (Phi) is 2.86. The van der Waals surface area contributed by atoms with Gasteiger partial charge in [-0.15, -0.1) is 0 Å². The van der Waals surface area contributed by atoms with Crippen molar-refractivity contribution < 1.29 is 4.21 Å². The molecule has 0 radical (unpaired) electrons. The van der Waals surface area contributed by atoms with Gasteiger partial charge in [-0.25, -0.2) is 4.21 Å². The quantitative estimate of drug-likeness (QED) is 0.511. The topological polar surface area (TPSA) is 17.1 Å². The van der Waals surface area contributed by atoms with Crippen LogP contribution in [-0.2, 0) is 19.7 Å². The van der Waals surface area contributed by atoms with Crippen LogP contribution in [0.5, 0.6) is 0 Å². The molecule has 3 unspecified atom stereocenters. The van der Waals surface area contributed by atoms with Gasteiger partial charge in [0.15, 0.2) is 0 Å². The first-order valence-corrected chi connectivity index (χ1v) is 6.05. The average Bonchev–Trinajstić information content (AvgIpc) is 1.88. The summed E-state index contributed by atoms with van der Waals surface area (Å²) in [5.74, 6) is 0. The van der Waals surface area contributed by atoms with Crippen molar-refractivity contribution in [3.05, 3.63) is 12.2 Å². The van der Waals surface area contributed by atoms with E-state index in [1.807, 2.05) is 0 Å². The zero-order valence-electron chi connectivity index (χ0n) is 6.24. The van der Waals surface area contributed by atoms with E-state index < -0.39 is 0 Å². The zero-order chi connectivity index (χ0) is 7.56. The Morgan fingerprint density at radius 1 is 1.60 bits per heavy atom. The molecule has 1 heterocycles. The van der Waals surface area contributed by atoms with E-state index in [0.29, 0.717) is 10.5 Å². The van der Waals surface area contributed by atoms with Crippen LogP contribution in [0.2, 0.25) is 0 Å². The molecule has 0 N–H and O–H groups in total. The van der Waals surface area contributed by atoms with Crippen LogP contribution in [0, 0.1) is 0 Å². The molecule has 0 saturated carbocycles. The molecule has 0 aromatic carbocycles. The monoisotopic (exact) mass is 176 g/mol. The fourth-order valence-corrected chi connectivity index (χ4v) is 3.89. The van der Waals surface area contributed by atoms with Gasteiger partial charge in [0.1, 0.15) is 10.2 Å². The lowest BCUT2D eigenvalue weighted by Crippen LogP contribution is -2.22. The molecule has 1 rings (SSSR count). The maximum absolute atomic E-state index is 10.6. The lowest BCUT2D eigenvalue weighted by Gasteiger charge is -2.20. The van der Waals surface area contributed by atoms with E-state index in [9.17, 15) is 4.21 Å². The van der Waals surface area contributed by atoms with Crippen molar-refractivity contribution in [1.82, 2.24) is 0 Å². The predicted molar refractivity (Wildman–Crippen MR) is 48.2 cm³/mol. The summed E-state index contributed by atoms with van der Waals surface area (Å²) in [4.78, 5) is 0. The summed E-state index contributed by atoms with van der Waals surface area (Å²) in [6, 6.07) is 0. The Bertz CT molecular complexity index is 204. The van der Waals surface area contributed by atoms with Crippen LogP contribution in [0.4, 0.5) is 0 Å². The first-order chi connectivity index (χ1) is 4.75. The molecule has 0 saturated heterocycles. The fourth-order valence-electron chi connectivity index (χ4n) is 1.13. The number of allylic oxidation sites excluding steroid dienone is 1. The molecule has 3 atom stereocenters. The predicted octanol–water partition coefficient (Wildman–Crippen LogP) is 1.47. The van der Waals surface area contributed by atoms with E-state index in [1.54, 1.807) is 0 Å². The van der Waals surface area contributed by atoms with Crippen molar-refractivity contribution in [2.75, 3.05) is 0 Å². The Hall–Kier alpha value is 0.110. The van der Waals surface area contributed by atoms with Gasteiger partial charge in [-0.3, -0.25) is 0 Å². The normalized spacial score (nSPS) is 39.6. The van der Waals surface area contributed by atoms with Gasteiger partial charge in [0.05, 0.1) is 0 Å². The van der Waals surface area contributed by atoms with E-state index in [1.165, 1.54) is 0 Å². The summed E-state index contributed by atoms with van der Waals surface area (Å²) < 4.78 is 10.6. The summed E-state index contributed by atoms with van der Waals surface area (Å²) in [7, 11) is 0.822. The van der Waals surface area contributed by atoms with Gasteiger partial charge in [0.2, 0.25) is 0 Å². The van der Waals surface area contributed by atoms with E-state index in [2.05, 4.69) is 26.0 Å². The maximum atomic E-state index is 10.6. The van der Waals surface area contributed by atoms with Gasteiger partial charge < -0.3 is 0 Å². The Morgan fingerprint density at radius 3 is 2.70 bits per heavy atom. The summed E-state index contributed by atoms with van der Waals surface area (Å²) in [5, 5.41) is 1.08. The van der Waals surface area contributed by atoms with Gasteiger partial charge >= 0.3 is 0 Å². The summed E-state index contributed by atoms with van der Waals surface area (Å²) in [5.41, 5.74) is 0. The molecule has 0 aliphatic carbocycles. The SMILES string of the molecule is CC1C=CCC(C)S1=S=O. The molecule has 0 aromatic heterocycles. The number of rotatable bonds is 0. The number of hydrogen-bond acceptors (Lipinski definition) is 1. The minimum absolute atomic E-state index is 0.0332. The van der Waals surface area contributed by atoms with Gasteiger partial charge in [-0.1, -0.05) is 28.5 Å². The molecule has 0 amide bonds. The summed E-state index contributed by atoms with van der Waals surface area (Å²) in [6.07, 6.45) is 5.44. The van der Waals surface area contributed by atoms with Crippen LogP contribution in [0.1, 0.15) is 20.3 Å². The molecule has 1 aliphatic heterocycles. The Morgan fingerprint density at radius 2 is 2.30 bits per heavy atom. The van der Waals surface area contributed by atoms with Crippen molar-refractivity contribution in [3.63, 3.8) is 0 Å². The van der Waals surface area contributed by atoms with Gasteiger partial charge in [-0.05, 0) is 13.3 Å². The maximum Gasteiger partial charge on any atom is 0.121 e. The highest BCUT2D eigenvalue weighted by Crippen LogP contribution is 2.15. The fraction of sp³-hybridized carbons (Fsp3) is 0.714. The third-order valence-electron chi connectivity index (χ3n) is 1.72. The van der Waals surface area contributed by atoms with Crippen LogP contribution in [0.15, 0.2) is 12.2 Å². The van der Waals surface area contributed by atoms with E-state index in [-0.39, 0.29) is 9.45 Å².